The van der Waals surface area contributed by atoms with Gasteiger partial charge in [0.15, 0.2) is 17.5 Å². The zero-order chi connectivity index (χ0) is 22.1. The summed E-state index contributed by atoms with van der Waals surface area (Å²) in [5.74, 6) is 2.16. The highest BCUT2D eigenvalue weighted by Crippen LogP contribution is 2.32. The molecular weight excluding hydrogens is 543 g/mol. The maximum absolute atomic E-state index is 6.27. The van der Waals surface area contributed by atoms with E-state index in [1.54, 1.807) is 21.3 Å². The molecule has 2 aromatic rings. The number of methoxy groups -OCH3 is 2. The first kappa shape index (κ1) is 26.5. The summed E-state index contributed by atoms with van der Waals surface area (Å²) in [6, 6.07) is 14.0. The normalized spacial score (nSPS) is 15.4. The number of halogens is 2. The van der Waals surface area contributed by atoms with Crippen molar-refractivity contribution >= 4 is 41.5 Å². The zero-order valence-electron chi connectivity index (χ0n) is 18.8. The lowest BCUT2D eigenvalue weighted by Crippen LogP contribution is -2.46. The number of aliphatic imine (C=N–C) groups is 1. The van der Waals surface area contributed by atoms with Crippen LogP contribution in [0.5, 0.6) is 11.5 Å². The maximum Gasteiger partial charge on any atom is 0.191 e. The highest BCUT2D eigenvalue weighted by molar-refractivity contribution is 14.0. The first-order chi connectivity index (χ1) is 15.2. The Morgan fingerprint density at radius 3 is 2.47 bits per heavy atom. The molecule has 7 nitrogen and oxygen atoms in total. The van der Waals surface area contributed by atoms with Gasteiger partial charge in [-0.3, -0.25) is 9.89 Å². The molecule has 176 valence electrons. The van der Waals surface area contributed by atoms with Crippen molar-refractivity contribution in [3.05, 3.63) is 58.6 Å². The lowest BCUT2D eigenvalue weighted by molar-refractivity contribution is 0.0169. The van der Waals surface area contributed by atoms with Crippen LogP contribution < -0.4 is 20.1 Å². The van der Waals surface area contributed by atoms with Crippen LogP contribution in [0.15, 0.2) is 47.5 Å². The van der Waals surface area contributed by atoms with Crippen molar-refractivity contribution in [1.29, 1.82) is 0 Å². The van der Waals surface area contributed by atoms with Crippen LogP contribution in [0.25, 0.3) is 0 Å². The number of guanidine groups is 1. The monoisotopic (exact) mass is 574 g/mol. The molecule has 32 heavy (non-hydrogen) atoms. The van der Waals surface area contributed by atoms with Crippen molar-refractivity contribution in [2.24, 2.45) is 4.99 Å². The van der Waals surface area contributed by atoms with E-state index in [1.807, 2.05) is 36.4 Å². The minimum absolute atomic E-state index is 0. The summed E-state index contributed by atoms with van der Waals surface area (Å²) in [5, 5.41) is 7.54. The second kappa shape index (κ2) is 13.7. The minimum Gasteiger partial charge on any atom is -0.493 e. The Balaban J connectivity index is 0.00000363. The first-order valence-corrected chi connectivity index (χ1v) is 10.8. The fraction of sp³-hybridized carbons (Fsp3) is 0.435. The number of hydrogen-bond donors (Lipinski definition) is 2. The summed E-state index contributed by atoms with van der Waals surface area (Å²) in [4.78, 5) is 6.78. The maximum atomic E-state index is 6.27. The summed E-state index contributed by atoms with van der Waals surface area (Å²) in [6.07, 6.45) is 0. The van der Waals surface area contributed by atoms with E-state index in [2.05, 4.69) is 26.6 Å². The van der Waals surface area contributed by atoms with Crippen LogP contribution in [0.4, 0.5) is 0 Å². The molecule has 0 spiro atoms. The average molecular weight is 575 g/mol. The molecule has 3 rings (SSSR count). The largest absolute Gasteiger partial charge is 0.493 e. The van der Waals surface area contributed by atoms with Gasteiger partial charge in [-0.1, -0.05) is 35.9 Å². The van der Waals surface area contributed by atoms with Crippen molar-refractivity contribution in [3.8, 4) is 11.5 Å². The Morgan fingerprint density at radius 1 is 1.09 bits per heavy atom. The summed E-state index contributed by atoms with van der Waals surface area (Å²) in [7, 11) is 5.07. The molecular formula is C23H32ClIN4O3. The van der Waals surface area contributed by atoms with Crippen molar-refractivity contribution in [2.75, 3.05) is 54.1 Å². The third-order valence-corrected chi connectivity index (χ3v) is 5.74. The van der Waals surface area contributed by atoms with E-state index in [9.17, 15) is 0 Å². The molecule has 1 saturated heterocycles. The van der Waals surface area contributed by atoms with Crippen LogP contribution in [0, 0.1) is 0 Å². The van der Waals surface area contributed by atoms with Gasteiger partial charge in [0, 0.05) is 38.2 Å². The quantitative estimate of drug-likeness (QED) is 0.285. The SMILES string of the molecule is CN=C(NCc1ccccc1Cl)NCC(c1ccc(OC)c(OC)c1)N1CCOCC1.I. The van der Waals surface area contributed by atoms with Crippen LogP contribution in [0.1, 0.15) is 17.2 Å². The highest BCUT2D eigenvalue weighted by atomic mass is 127. The molecule has 1 heterocycles. The molecule has 1 fully saturated rings. The molecule has 9 heteroatoms. The zero-order valence-corrected chi connectivity index (χ0v) is 21.9. The Hall–Kier alpha value is -1.75. The molecule has 1 aliphatic rings. The van der Waals surface area contributed by atoms with E-state index < -0.39 is 0 Å². The van der Waals surface area contributed by atoms with E-state index in [4.69, 9.17) is 25.8 Å². The molecule has 0 amide bonds. The van der Waals surface area contributed by atoms with Gasteiger partial charge >= 0.3 is 0 Å². The predicted molar refractivity (Wildman–Crippen MR) is 140 cm³/mol. The molecule has 0 bridgehead atoms. The predicted octanol–water partition coefficient (Wildman–Crippen LogP) is 3.71. The third-order valence-electron chi connectivity index (χ3n) is 5.37. The summed E-state index contributed by atoms with van der Waals surface area (Å²) >= 11 is 6.27. The average Bonchev–Trinajstić information content (AvgIpc) is 2.82. The Morgan fingerprint density at radius 2 is 1.81 bits per heavy atom. The summed E-state index contributed by atoms with van der Waals surface area (Å²) < 4.78 is 16.5. The first-order valence-electron chi connectivity index (χ1n) is 10.4. The van der Waals surface area contributed by atoms with Crippen molar-refractivity contribution in [2.45, 2.75) is 12.6 Å². The highest BCUT2D eigenvalue weighted by Gasteiger charge is 2.24. The number of ether oxygens (including phenoxy) is 3. The molecule has 1 aliphatic heterocycles. The van der Waals surface area contributed by atoms with E-state index in [-0.39, 0.29) is 30.0 Å². The van der Waals surface area contributed by atoms with Gasteiger partial charge in [-0.25, -0.2) is 0 Å². The van der Waals surface area contributed by atoms with Crippen LogP contribution >= 0.6 is 35.6 Å². The van der Waals surface area contributed by atoms with Gasteiger partial charge in [0.1, 0.15) is 0 Å². The van der Waals surface area contributed by atoms with E-state index >= 15 is 0 Å². The van der Waals surface area contributed by atoms with Crippen LogP contribution in [0.2, 0.25) is 5.02 Å². The molecule has 0 saturated carbocycles. The third kappa shape index (κ3) is 7.13. The number of rotatable bonds is 8. The minimum atomic E-state index is 0. The number of morpholine rings is 1. The van der Waals surface area contributed by atoms with E-state index in [0.717, 1.165) is 59.9 Å². The van der Waals surface area contributed by atoms with Gasteiger partial charge in [0.05, 0.1) is 33.5 Å². The topological polar surface area (TPSA) is 67.4 Å². The lowest BCUT2D eigenvalue weighted by Gasteiger charge is -2.35. The number of benzene rings is 2. The van der Waals surface area contributed by atoms with E-state index in [0.29, 0.717) is 13.1 Å². The van der Waals surface area contributed by atoms with Crippen molar-refractivity contribution in [3.63, 3.8) is 0 Å². The van der Waals surface area contributed by atoms with Crippen molar-refractivity contribution in [1.82, 2.24) is 15.5 Å². The van der Waals surface area contributed by atoms with Crippen LogP contribution in [-0.4, -0.2) is 65.0 Å². The number of hydrogen-bond acceptors (Lipinski definition) is 5. The summed E-state index contributed by atoms with van der Waals surface area (Å²) in [6.45, 7) is 4.46. The standard InChI is InChI=1S/C23H31ClN4O3.HI/c1-25-23(26-15-18-6-4-5-7-19(18)24)27-16-20(28-10-12-31-13-11-28)17-8-9-21(29-2)22(14-17)30-3;/h4-9,14,20H,10-13,15-16H2,1-3H3,(H2,25,26,27);1H. The molecule has 0 aliphatic carbocycles. The van der Waals surface area contributed by atoms with Gasteiger partial charge in [0.25, 0.3) is 0 Å². The molecule has 0 radical (unpaired) electrons. The number of nitrogens with one attached hydrogen (secondary N) is 2. The molecule has 1 atom stereocenters. The van der Waals surface area contributed by atoms with Crippen LogP contribution in [-0.2, 0) is 11.3 Å². The van der Waals surface area contributed by atoms with Gasteiger partial charge in [0.2, 0.25) is 0 Å². The van der Waals surface area contributed by atoms with Crippen LogP contribution in [0.3, 0.4) is 0 Å². The van der Waals surface area contributed by atoms with Gasteiger partial charge < -0.3 is 24.8 Å². The van der Waals surface area contributed by atoms with Gasteiger partial charge in [-0.15, -0.1) is 24.0 Å². The fourth-order valence-corrected chi connectivity index (χ4v) is 3.84. The molecule has 1 unspecified atom stereocenters. The Labute approximate surface area is 212 Å². The van der Waals surface area contributed by atoms with Crippen molar-refractivity contribution < 1.29 is 14.2 Å². The number of nitrogens with zero attached hydrogens (tertiary/aromatic N) is 2. The molecule has 0 aromatic heterocycles. The smallest absolute Gasteiger partial charge is 0.191 e. The van der Waals surface area contributed by atoms with E-state index in [1.165, 1.54) is 0 Å². The second-order valence-electron chi connectivity index (χ2n) is 7.18. The fourth-order valence-electron chi connectivity index (χ4n) is 3.64. The Bertz CT molecular complexity index is 878. The molecule has 2 N–H and O–H groups in total. The second-order valence-corrected chi connectivity index (χ2v) is 7.58. The molecule has 2 aromatic carbocycles. The van der Waals surface area contributed by atoms with Gasteiger partial charge in [-0.2, -0.15) is 0 Å². The summed E-state index contributed by atoms with van der Waals surface area (Å²) in [5.41, 5.74) is 2.17. The van der Waals surface area contributed by atoms with Gasteiger partial charge in [-0.05, 0) is 29.3 Å². The lowest BCUT2D eigenvalue weighted by atomic mass is 10.0. The Kier molecular flexibility index (Phi) is 11.4.